The van der Waals surface area contributed by atoms with Crippen molar-refractivity contribution in [1.29, 1.82) is 0 Å². The molecule has 1 aromatic carbocycles. The van der Waals surface area contributed by atoms with Crippen molar-refractivity contribution in [2.24, 2.45) is 0 Å². The van der Waals surface area contributed by atoms with Crippen LogP contribution in [0.5, 0.6) is 0 Å². The van der Waals surface area contributed by atoms with Crippen LogP contribution in [0.4, 0.5) is 5.00 Å². The second-order valence-electron chi connectivity index (χ2n) is 2.83. The molecule has 0 unspecified atom stereocenters. The second kappa shape index (κ2) is 4.83. The Morgan fingerprint density at radius 1 is 1.47 bits per heavy atom. The lowest BCUT2D eigenvalue weighted by molar-refractivity contribution is 1.08. The topological polar surface area (TPSA) is 51.8 Å². The summed E-state index contributed by atoms with van der Waals surface area (Å²) in [6.45, 7) is 0. The Kier molecular flexibility index (Phi) is 3.45. The van der Waals surface area contributed by atoms with Crippen molar-refractivity contribution in [3.8, 4) is 0 Å². The molecule has 6 heteroatoms. The lowest BCUT2D eigenvalue weighted by Crippen LogP contribution is -1.88. The van der Waals surface area contributed by atoms with Crippen LogP contribution in [0.25, 0.3) is 0 Å². The highest BCUT2D eigenvalue weighted by atomic mass is 35.5. The molecule has 0 saturated carbocycles. The third-order valence-electron chi connectivity index (χ3n) is 1.76. The summed E-state index contributed by atoms with van der Waals surface area (Å²) in [5, 5.41) is 5.37. The number of aromatic nitrogens is 2. The predicted molar refractivity (Wildman–Crippen MR) is 65.3 cm³/mol. The van der Waals surface area contributed by atoms with E-state index >= 15 is 0 Å². The first-order valence-corrected chi connectivity index (χ1v) is 6.34. The van der Waals surface area contributed by atoms with Crippen molar-refractivity contribution in [1.82, 2.24) is 9.59 Å². The van der Waals surface area contributed by atoms with Gasteiger partial charge in [-0.3, -0.25) is 0 Å². The molecule has 0 fully saturated rings. The van der Waals surface area contributed by atoms with Crippen LogP contribution < -0.4 is 5.73 Å². The number of thioether (sulfide) groups is 1. The fourth-order valence-electron chi connectivity index (χ4n) is 1.02. The van der Waals surface area contributed by atoms with Crippen molar-refractivity contribution in [2.75, 3.05) is 5.73 Å². The normalized spacial score (nSPS) is 10.5. The number of halogens is 1. The zero-order valence-corrected chi connectivity index (χ0v) is 10.1. The Morgan fingerprint density at radius 3 is 3.00 bits per heavy atom. The van der Waals surface area contributed by atoms with Crippen molar-refractivity contribution in [2.45, 2.75) is 10.6 Å². The molecule has 0 aliphatic carbocycles. The van der Waals surface area contributed by atoms with Gasteiger partial charge >= 0.3 is 0 Å². The predicted octanol–water partition coefficient (Wildman–Crippen LogP) is 3.07. The van der Waals surface area contributed by atoms with E-state index in [0.29, 0.717) is 5.00 Å². The molecule has 0 saturated heterocycles. The number of benzene rings is 1. The molecular formula is C9H8ClN3S2. The molecule has 2 N–H and O–H groups in total. The van der Waals surface area contributed by atoms with Crippen molar-refractivity contribution in [3.63, 3.8) is 0 Å². The van der Waals surface area contributed by atoms with Gasteiger partial charge in [0.1, 0.15) is 10.7 Å². The molecule has 2 aromatic rings. The number of nitrogens with two attached hydrogens (primary N) is 1. The molecular weight excluding hydrogens is 250 g/mol. The lowest BCUT2D eigenvalue weighted by Gasteiger charge is -1.99. The minimum absolute atomic E-state index is 0.685. The van der Waals surface area contributed by atoms with E-state index in [1.165, 1.54) is 11.5 Å². The molecule has 15 heavy (non-hydrogen) atoms. The van der Waals surface area contributed by atoms with Gasteiger partial charge < -0.3 is 5.73 Å². The Bertz CT molecular complexity index is 458. The van der Waals surface area contributed by atoms with Crippen LogP contribution in [0.2, 0.25) is 5.02 Å². The van der Waals surface area contributed by atoms with E-state index < -0.39 is 0 Å². The maximum Gasteiger partial charge on any atom is 0.131 e. The largest absolute Gasteiger partial charge is 0.388 e. The first kappa shape index (κ1) is 10.7. The average molecular weight is 258 g/mol. The van der Waals surface area contributed by atoms with Gasteiger partial charge in [0.15, 0.2) is 0 Å². The van der Waals surface area contributed by atoms with Crippen LogP contribution in [0, 0.1) is 0 Å². The lowest BCUT2D eigenvalue weighted by atomic mass is 10.4. The van der Waals surface area contributed by atoms with Gasteiger partial charge in [-0.05, 0) is 18.2 Å². The molecule has 2 rings (SSSR count). The van der Waals surface area contributed by atoms with E-state index in [2.05, 4.69) is 9.59 Å². The zero-order valence-electron chi connectivity index (χ0n) is 7.68. The summed E-state index contributed by atoms with van der Waals surface area (Å²) in [6.07, 6.45) is 0. The van der Waals surface area contributed by atoms with Gasteiger partial charge in [0.2, 0.25) is 0 Å². The first-order chi connectivity index (χ1) is 7.25. The number of hydrogen-bond acceptors (Lipinski definition) is 5. The van der Waals surface area contributed by atoms with Gasteiger partial charge in [0.05, 0.1) is 0 Å². The quantitative estimate of drug-likeness (QED) is 0.859. The maximum atomic E-state index is 5.87. The number of nitrogens with zero attached hydrogens (tertiary/aromatic N) is 2. The molecule has 1 aromatic heterocycles. The summed E-state index contributed by atoms with van der Waals surface area (Å²) in [5.41, 5.74) is 6.53. The summed E-state index contributed by atoms with van der Waals surface area (Å²) in [6, 6.07) is 7.70. The molecule has 3 nitrogen and oxygen atoms in total. The minimum atomic E-state index is 0.685. The van der Waals surface area contributed by atoms with E-state index in [-0.39, 0.29) is 0 Å². The Hall–Kier alpha value is -0.780. The molecule has 78 valence electrons. The van der Waals surface area contributed by atoms with Crippen LogP contribution >= 0.6 is 34.9 Å². The third kappa shape index (κ3) is 2.84. The Morgan fingerprint density at radius 2 is 2.33 bits per heavy atom. The standard InChI is InChI=1S/C9H8ClN3S2/c10-6-2-1-3-7(4-6)14-5-8-9(11)15-13-12-8/h1-4H,5,11H2. The Labute approximate surface area is 101 Å². The number of hydrogen-bond donors (Lipinski definition) is 1. The van der Waals surface area contributed by atoms with Gasteiger partial charge in [-0.2, -0.15) is 0 Å². The smallest absolute Gasteiger partial charge is 0.131 e. The zero-order chi connectivity index (χ0) is 10.7. The molecule has 1 heterocycles. The summed E-state index contributed by atoms with van der Waals surface area (Å²) in [4.78, 5) is 1.11. The molecule has 0 amide bonds. The van der Waals surface area contributed by atoms with E-state index in [4.69, 9.17) is 17.3 Å². The van der Waals surface area contributed by atoms with Crippen molar-refractivity contribution in [3.05, 3.63) is 35.0 Å². The first-order valence-electron chi connectivity index (χ1n) is 4.21. The second-order valence-corrected chi connectivity index (χ2v) is 5.10. The van der Waals surface area contributed by atoms with Crippen LogP contribution in [-0.4, -0.2) is 9.59 Å². The van der Waals surface area contributed by atoms with Gasteiger partial charge in [0.25, 0.3) is 0 Å². The van der Waals surface area contributed by atoms with E-state index in [0.717, 1.165) is 21.4 Å². The fourth-order valence-corrected chi connectivity index (χ4v) is 2.72. The Balaban J connectivity index is 2.02. The van der Waals surface area contributed by atoms with E-state index in [9.17, 15) is 0 Å². The number of nitrogen functional groups attached to an aromatic ring is 1. The van der Waals surface area contributed by atoms with E-state index in [1.54, 1.807) is 11.8 Å². The fraction of sp³-hybridized carbons (Fsp3) is 0.111. The molecule has 0 radical (unpaired) electrons. The molecule has 0 spiro atoms. The molecule has 0 aliphatic heterocycles. The van der Waals surface area contributed by atoms with Gasteiger partial charge in [0, 0.05) is 27.2 Å². The van der Waals surface area contributed by atoms with Gasteiger partial charge in [-0.1, -0.05) is 22.2 Å². The highest BCUT2D eigenvalue weighted by Gasteiger charge is 2.04. The van der Waals surface area contributed by atoms with Gasteiger partial charge in [-0.15, -0.1) is 16.9 Å². The van der Waals surface area contributed by atoms with Gasteiger partial charge in [-0.25, -0.2) is 0 Å². The molecule has 0 bridgehead atoms. The third-order valence-corrected chi connectivity index (χ3v) is 3.59. The highest BCUT2D eigenvalue weighted by Crippen LogP contribution is 2.27. The monoisotopic (exact) mass is 257 g/mol. The summed E-state index contributed by atoms with van der Waals surface area (Å²) in [5.74, 6) is 0.725. The van der Waals surface area contributed by atoms with Crippen LogP contribution in [0.1, 0.15) is 5.69 Å². The van der Waals surface area contributed by atoms with Crippen molar-refractivity contribution < 1.29 is 0 Å². The summed E-state index contributed by atoms with van der Waals surface area (Å²) >= 11 is 8.74. The van der Waals surface area contributed by atoms with Crippen LogP contribution in [0.15, 0.2) is 29.2 Å². The molecule has 0 atom stereocenters. The highest BCUT2D eigenvalue weighted by molar-refractivity contribution is 7.98. The SMILES string of the molecule is Nc1snnc1CSc1cccc(Cl)c1. The summed E-state index contributed by atoms with van der Waals surface area (Å²) in [7, 11) is 0. The van der Waals surface area contributed by atoms with E-state index in [1.807, 2.05) is 24.3 Å². The molecule has 0 aliphatic rings. The van der Waals surface area contributed by atoms with Crippen LogP contribution in [0.3, 0.4) is 0 Å². The number of anilines is 1. The van der Waals surface area contributed by atoms with Crippen LogP contribution in [-0.2, 0) is 5.75 Å². The van der Waals surface area contributed by atoms with Crippen molar-refractivity contribution >= 4 is 39.9 Å². The average Bonchev–Trinajstić information content (AvgIpc) is 2.61. The maximum absolute atomic E-state index is 5.87. The summed E-state index contributed by atoms with van der Waals surface area (Å²) < 4.78 is 3.78. The number of rotatable bonds is 3. The minimum Gasteiger partial charge on any atom is -0.388 e.